The molecular weight excluding hydrogens is 282 g/mol. The van der Waals surface area contributed by atoms with E-state index in [0.29, 0.717) is 17.3 Å². The number of hydrogen-bond acceptors (Lipinski definition) is 5. The molecular formula is C12H13N3O4S. The summed E-state index contributed by atoms with van der Waals surface area (Å²) in [6.07, 6.45) is 1.55. The van der Waals surface area contributed by atoms with Crippen LogP contribution in [0.5, 0.6) is 0 Å². The number of nitrogens with zero attached hydrogens (tertiary/aromatic N) is 2. The Morgan fingerprint density at radius 3 is 2.95 bits per heavy atom. The van der Waals surface area contributed by atoms with Crippen LogP contribution in [0, 0.1) is 0 Å². The zero-order valence-corrected chi connectivity index (χ0v) is 11.5. The van der Waals surface area contributed by atoms with E-state index < -0.39 is 5.97 Å². The lowest BCUT2D eigenvalue weighted by molar-refractivity contribution is 0.0691. The molecule has 2 aromatic heterocycles. The van der Waals surface area contributed by atoms with Crippen LogP contribution in [0.1, 0.15) is 21.3 Å². The van der Waals surface area contributed by atoms with Gasteiger partial charge in [0.15, 0.2) is 5.69 Å². The van der Waals surface area contributed by atoms with Crippen LogP contribution in [-0.2, 0) is 13.1 Å². The van der Waals surface area contributed by atoms with Crippen LogP contribution in [0.15, 0.2) is 28.2 Å². The second-order valence-corrected chi connectivity index (χ2v) is 4.97. The normalized spacial score (nSPS) is 10.2. The van der Waals surface area contributed by atoms with E-state index in [9.17, 15) is 9.59 Å². The lowest BCUT2D eigenvalue weighted by Crippen LogP contribution is -2.36. The first-order valence-electron chi connectivity index (χ1n) is 5.75. The Bertz CT molecular complexity index is 594. The van der Waals surface area contributed by atoms with E-state index in [0.717, 1.165) is 0 Å². The Morgan fingerprint density at radius 2 is 2.35 bits per heavy atom. The molecule has 0 spiro atoms. The highest BCUT2D eigenvalue weighted by Gasteiger charge is 2.12. The lowest BCUT2D eigenvalue weighted by Gasteiger charge is -2.15. The molecule has 2 aromatic rings. The summed E-state index contributed by atoms with van der Waals surface area (Å²) >= 11 is 1.19. The maximum Gasteiger partial charge on any atom is 0.355 e. The van der Waals surface area contributed by atoms with E-state index in [1.54, 1.807) is 25.4 Å². The molecule has 2 amide bonds. The van der Waals surface area contributed by atoms with Crippen LogP contribution in [-0.4, -0.2) is 34.0 Å². The third-order valence-corrected chi connectivity index (χ3v) is 3.33. The smallest absolute Gasteiger partial charge is 0.355 e. The summed E-state index contributed by atoms with van der Waals surface area (Å²) in [7, 11) is 1.64. The van der Waals surface area contributed by atoms with Crippen LogP contribution in [0.25, 0.3) is 0 Å². The minimum atomic E-state index is -1.08. The largest absolute Gasteiger partial charge is 0.476 e. The maximum absolute atomic E-state index is 11.8. The summed E-state index contributed by atoms with van der Waals surface area (Å²) < 4.78 is 5.15. The molecule has 0 bridgehead atoms. The summed E-state index contributed by atoms with van der Waals surface area (Å²) in [5.74, 6) is -0.390. The number of amides is 2. The number of carbonyl (C=O) groups excluding carboxylic acids is 1. The number of rotatable bonds is 5. The van der Waals surface area contributed by atoms with Crippen molar-refractivity contribution in [2.24, 2.45) is 0 Å². The molecule has 0 aromatic carbocycles. The van der Waals surface area contributed by atoms with Crippen molar-refractivity contribution in [2.45, 2.75) is 13.1 Å². The molecule has 2 rings (SSSR count). The van der Waals surface area contributed by atoms with Gasteiger partial charge >= 0.3 is 12.0 Å². The third-order valence-electron chi connectivity index (χ3n) is 2.48. The second kappa shape index (κ2) is 6.20. The van der Waals surface area contributed by atoms with E-state index >= 15 is 0 Å². The predicted molar refractivity (Wildman–Crippen MR) is 71.5 cm³/mol. The van der Waals surface area contributed by atoms with Gasteiger partial charge in [-0.1, -0.05) is 0 Å². The highest BCUT2D eigenvalue weighted by Crippen LogP contribution is 2.10. The molecule has 7 nitrogen and oxygen atoms in total. The number of carbonyl (C=O) groups is 2. The van der Waals surface area contributed by atoms with Gasteiger partial charge in [0, 0.05) is 12.4 Å². The van der Waals surface area contributed by atoms with Gasteiger partial charge in [-0.3, -0.25) is 0 Å². The van der Waals surface area contributed by atoms with E-state index in [4.69, 9.17) is 9.52 Å². The van der Waals surface area contributed by atoms with Crippen molar-refractivity contribution in [3.8, 4) is 0 Å². The Balaban J connectivity index is 1.83. The van der Waals surface area contributed by atoms with Crippen molar-refractivity contribution in [1.82, 2.24) is 15.2 Å². The number of thiazole rings is 1. The zero-order valence-electron chi connectivity index (χ0n) is 10.7. The number of carboxylic acid groups (broad SMARTS) is 1. The van der Waals surface area contributed by atoms with Crippen molar-refractivity contribution in [1.29, 1.82) is 0 Å². The van der Waals surface area contributed by atoms with Gasteiger partial charge in [0.25, 0.3) is 0 Å². The maximum atomic E-state index is 11.8. The number of carboxylic acids is 1. The average molecular weight is 295 g/mol. The van der Waals surface area contributed by atoms with Gasteiger partial charge in [0.05, 0.1) is 19.4 Å². The van der Waals surface area contributed by atoms with Crippen molar-refractivity contribution in [3.63, 3.8) is 0 Å². The molecule has 0 radical (unpaired) electrons. The summed E-state index contributed by atoms with van der Waals surface area (Å²) in [5, 5.41) is 13.4. The third kappa shape index (κ3) is 3.58. The highest BCUT2D eigenvalue weighted by molar-refractivity contribution is 7.09. The summed E-state index contributed by atoms with van der Waals surface area (Å²) in [6.45, 7) is 0.552. The van der Waals surface area contributed by atoms with Gasteiger partial charge in [-0.2, -0.15) is 0 Å². The molecule has 2 N–H and O–H groups in total. The minimum absolute atomic E-state index is 0.0109. The van der Waals surface area contributed by atoms with E-state index in [1.807, 2.05) is 0 Å². The molecule has 0 aliphatic heterocycles. The molecule has 0 unspecified atom stereocenters. The van der Waals surface area contributed by atoms with Crippen LogP contribution < -0.4 is 5.32 Å². The number of aromatic nitrogens is 1. The van der Waals surface area contributed by atoms with Gasteiger partial charge in [0.1, 0.15) is 10.8 Å². The summed E-state index contributed by atoms with van der Waals surface area (Å²) in [5.41, 5.74) is -0.0109. The fourth-order valence-electron chi connectivity index (χ4n) is 1.48. The SMILES string of the molecule is CN(Cc1ccco1)C(=O)NCc1nc(C(=O)O)cs1. The number of nitrogens with one attached hydrogen (secondary N) is 1. The van der Waals surface area contributed by atoms with Gasteiger partial charge in [0.2, 0.25) is 0 Å². The summed E-state index contributed by atoms with van der Waals surface area (Å²) in [4.78, 5) is 27.8. The van der Waals surface area contributed by atoms with Gasteiger partial charge in [-0.15, -0.1) is 11.3 Å². The first kappa shape index (κ1) is 14.1. The van der Waals surface area contributed by atoms with Crippen molar-refractivity contribution < 1.29 is 19.1 Å². The van der Waals surface area contributed by atoms with Crippen LogP contribution >= 0.6 is 11.3 Å². The summed E-state index contributed by atoms with van der Waals surface area (Å²) in [6, 6.07) is 3.25. The Labute approximate surface area is 118 Å². The van der Waals surface area contributed by atoms with Crippen LogP contribution in [0.2, 0.25) is 0 Å². The molecule has 0 aliphatic carbocycles. The van der Waals surface area contributed by atoms with Gasteiger partial charge < -0.3 is 19.7 Å². The van der Waals surface area contributed by atoms with Crippen molar-refractivity contribution in [2.75, 3.05) is 7.05 Å². The molecule has 106 valence electrons. The number of aromatic carboxylic acids is 1. The average Bonchev–Trinajstić information content (AvgIpc) is 3.06. The van der Waals surface area contributed by atoms with Gasteiger partial charge in [-0.05, 0) is 12.1 Å². The van der Waals surface area contributed by atoms with E-state index in [2.05, 4.69) is 10.3 Å². The Kier molecular flexibility index (Phi) is 4.36. The first-order chi connectivity index (χ1) is 9.56. The molecule has 0 aliphatic rings. The van der Waals surface area contributed by atoms with Crippen molar-refractivity contribution in [3.05, 3.63) is 40.2 Å². The standard InChI is InChI=1S/C12H13N3O4S/c1-15(6-8-3-2-4-19-8)12(18)13-5-10-14-9(7-20-10)11(16)17/h2-4,7H,5-6H2,1H3,(H,13,18)(H,16,17). The van der Waals surface area contributed by atoms with E-state index in [1.165, 1.54) is 21.6 Å². The monoisotopic (exact) mass is 295 g/mol. The fraction of sp³-hybridized carbons (Fsp3) is 0.250. The molecule has 0 fully saturated rings. The molecule has 8 heteroatoms. The highest BCUT2D eigenvalue weighted by atomic mass is 32.1. The molecule has 0 saturated carbocycles. The number of hydrogen-bond donors (Lipinski definition) is 2. The fourth-order valence-corrected chi connectivity index (χ4v) is 2.19. The zero-order chi connectivity index (χ0) is 14.5. The molecule has 2 heterocycles. The quantitative estimate of drug-likeness (QED) is 0.876. The van der Waals surface area contributed by atoms with Crippen molar-refractivity contribution >= 4 is 23.3 Å². The Morgan fingerprint density at radius 1 is 1.55 bits per heavy atom. The number of furan rings is 1. The van der Waals surface area contributed by atoms with Crippen LogP contribution in [0.4, 0.5) is 4.79 Å². The van der Waals surface area contributed by atoms with Gasteiger partial charge in [-0.25, -0.2) is 14.6 Å². The molecule has 20 heavy (non-hydrogen) atoms. The van der Waals surface area contributed by atoms with E-state index in [-0.39, 0.29) is 18.3 Å². The molecule has 0 atom stereocenters. The lowest BCUT2D eigenvalue weighted by atomic mass is 10.4. The molecule has 0 saturated heterocycles. The minimum Gasteiger partial charge on any atom is -0.476 e. The predicted octanol–water partition coefficient (Wildman–Crippen LogP) is 1.78. The van der Waals surface area contributed by atoms with Crippen LogP contribution in [0.3, 0.4) is 0 Å². The number of urea groups is 1. The Hall–Kier alpha value is -2.35. The second-order valence-electron chi connectivity index (χ2n) is 4.03. The topological polar surface area (TPSA) is 95.7 Å². The first-order valence-corrected chi connectivity index (χ1v) is 6.63.